The Morgan fingerprint density at radius 2 is 2.24 bits per heavy atom. The second kappa shape index (κ2) is 6.21. The van der Waals surface area contributed by atoms with E-state index < -0.39 is 0 Å². The van der Waals surface area contributed by atoms with E-state index in [1.165, 1.54) is 6.07 Å². The lowest BCUT2D eigenvalue weighted by Gasteiger charge is -2.19. The van der Waals surface area contributed by atoms with Gasteiger partial charge in [-0.1, -0.05) is 6.07 Å². The highest BCUT2D eigenvalue weighted by Gasteiger charge is 2.10. The van der Waals surface area contributed by atoms with E-state index in [1.54, 1.807) is 6.07 Å². The standard InChI is InChI=1S/C13H17FN2O/c1-4-17-13-6-5-11(7-12(13)14)9-16(3)10(2)8-15/h5-7,10H,4,9H2,1-3H3. The third-order valence-electron chi connectivity index (χ3n) is 2.58. The summed E-state index contributed by atoms with van der Waals surface area (Å²) in [6.45, 7) is 4.61. The quantitative estimate of drug-likeness (QED) is 0.788. The van der Waals surface area contributed by atoms with Gasteiger partial charge in [0, 0.05) is 6.54 Å². The summed E-state index contributed by atoms with van der Waals surface area (Å²) in [6.07, 6.45) is 0. The molecule has 0 amide bonds. The molecule has 0 aliphatic rings. The minimum absolute atomic E-state index is 0.190. The Labute approximate surface area is 101 Å². The van der Waals surface area contributed by atoms with Crippen LogP contribution in [0.4, 0.5) is 4.39 Å². The fourth-order valence-corrected chi connectivity index (χ4v) is 1.44. The fraction of sp³-hybridized carbons (Fsp3) is 0.462. The summed E-state index contributed by atoms with van der Waals surface area (Å²) in [4.78, 5) is 1.86. The molecule has 4 heteroatoms. The average molecular weight is 236 g/mol. The molecule has 0 aliphatic carbocycles. The summed E-state index contributed by atoms with van der Waals surface area (Å²) in [7, 11) is 1.84. The first-order valence-corrected chi connectivity index (χ1v) is 5.59. The lowest BCUT2D eigenvalue weighted by atomic mass is 10.2. The Bertz CT molecular complexity index is 414. The smallest absolute Gasteiger partial charge is 0.165 e. The van der Waals surface area contributed by atoms with E-state index in [2.05, 4.69) is 6.07 Å². The van der Waals surface area contributed by atoms with Crippen molar-refractivity contribution >= 4 is 0 Å². The van der Waals surface area contributed by atoms with Crippen molar-refractivity contribution in [2.75, 3.05) is 13.7 Å². The first-order chi connectivity index (χ1) is 8.08. The Morgan fingerprint density at radius 1 is 1.53 bits per heavy atom. The second-order valence-electron chi connectivity index (χ2n) is 3.92. The number of hydrogen-bond acceptors (Lipinski definition) is 3. The van der Waals surface area contributed by atoms with Crippen LogP contribution >= 0.6 is 0 Å². The predicted octanol–water partition coefficient (Wildman–Crippen LogP) is 2.57. The maximum Gasteiger partial charge on any atom is 0.165 e. The maximum absolute atomic E-state index is 13.6. The second-order valence-corrected chi connectivity index (χ2v) is 3.92. The molecule has 0 bridgehead atoms. The Hall–Kier alpha value is -1.60. The van der Waals surface area contributed by atoms with Crippen LogP contribution in [0, 0.1) is 17.1 Å². The van der Waals surface area contributed by atoms with Crippen molar-refractivity contribution in [1.82, 2.24) is 4.90 Å². The van der Waals surface area contributed by atoms with Crippen LogP contribution in [0.5, 0.6) is 5.75 Å². The van der Waals surface area contributed by atoms with Crippen molar-refractivity contribution in [2.24, 2.45) is 0 Å². The van der Waals surface area contributed by atoms with Crippen LogP contribution in [-0.4, -0.2) is 24.6 Å². The Kier molecular flexibility index (Phi) is 4.92. The van der Waals surface area contributed by atoms with Crippen LogP contribution in [0.2, 0.25) is 0 Å². The predicted molar refractivity (Wildman–Crippen MR) is 64.1 cm³/mol. The molecule has 3 nitrogen and oxygen atoms in total. The van der Waals surface area contributed by atoms with Crippen LogP contribution in [0.15, 0.2) is 18.2 Å². The van der Waals surface area contributed by atoms with E-state index in [9.17, 15) is 4.39 Å². The molecular weight excluding hydrogens is 219 g/mol. The molecule has 0 aromatic heterocycles. The van der Waals surface area contributed by atoms with Gasteiger partial charge >= 0.3 is 0 Å². The normalized spacial score (nSPS) is 12.2. The van der Waals surface area contributed by atoms with Crippen LogP contribution in [0.3, 0.4) is 0 Å². The molecular formula is C13H17FN2O. The molecule has 0 fully saturated rings. The highest BCUT2D eigenvalue weighted by Crippen LogP contribution is 2.19. The van der Waals surface area contributed by atoms with Crippen molar-refractivity contribution < 1.29 is 9.13 Å². The van der Waals surface area contributed by atoms with E-state index in [0.29, 0.717) is 13.2 Å². The third kappa shape index (κ3) is 3.72. The average Bonchev–Trinajstić information content (AvgIpc) is 2.31. The van der Waals surface area contributed by atoms with Crippen molar-refractivity contribution in [3.05, 3.63) is 29.6 Å². The SMILES string of the molecule is CCOc1ccc(CN(C)C(C)C#N)cc1F. The number of ether oxygens (including phenoxy) is 1. The van der Waals surface area contributed by atoms with Crippen LogP contribution in [-0.2, 0) is 6.54 Å². The van der Waals surface area contributed by atoms with Gasteiger partial charge in [0.2, 0.25) is 0 Å². The van der Waals surface area contributed by atoms with E-state index in [-0.39, 0.29) is 17.6 Å². The lowest BCUT2D eigenvalue weighted by molar-refractivity contribution is 0.292. The Morgan fingerprint density at radius 3 is 2.76 bits per heavy atom. The van der Waals surface area contributed by atoms with Crippen LogP contribution < -0.4 is 4.74 Å². The zero-order chi connectivity index (χ0) is 12.8. The Balaban J connectivity index is 2.74. The summed E-state index contributed by atoms with van der Waals surface area (Å²) >= 11 is 0. The van der Waals surface area contributed by atoms with Crippen LogP contribution in [0.25, 0.3) is 0 Å². The summed E-state index contributed by atoms with van der Waals surface area (Å²) in [5.41, 5.74) is 0.829. The molecule has 1 atom stereocenters. The van der Waals surface area contributed by atoms with E-state index in [4.69, 9.17) is 10.00 Å². The van der Waals surface area contributed by atoms with Gasteiger partial charge in [0.15, 0.2) is 11.6 Å². The molecule has 0 heterocycles. The number of benzene rings is 1. The van der Waals surface area contributed by atoms with Gasteiger partial charge in [-0.15, -0.1) is 0 Å². The molecule has 0 saturated heterocycles. The molecule has 0 aliphatic heterocycles. The molecule has 17 heavy (non-hydrogen) atoms. The molecule has 0 N–H and O–H groups in total. The van der Waals surface area contributed by atoms with Gasteiger partial charge in [-0.3, -0.25) is 4.90 Å². The zero-order valence-electron chi connectivity index (χ0n) is 10.4. The number of halogens is 1. The minimum Gasteiger partial charge on any atom is -0.491 e. The van der Waals surface area contributed by atoms with Gasteiger partial charge in [0.25, 0.3) is 0 Å². The molecule has 1 aromatic rings. The molecule has 1 unspecified atom stereocenters. The van der Waals surface area contributed by atoms with E-state index >= 15 is 0 Å². The number of nitrogens with zero attached hydrogens (tertiary/aromatic N) is 2. The van der Waals surface area contributed by atoms with Gasteiger partial charge in [-0.05, 0) is 38.6 Å². The third-order valence-corrected chi connectivity index (χ3v) is 2.58. The van der Waals surface area contributed by atoms with Gasteiger partial charge in [0.05, 0.1) is 18.7 Å². The van der Waals surface area contributed by atoms with Gasteiger partial charge in [-0.2, -0.15) is 5.26 Å². The monoisotopic (exact) mass is 236 g/mol. The largest absolute Gasteiger partial charge is 0.491 e. The number of rotatable bonds is 5. The topological polar surface area (TPSA) is 36.3 Å². The van der Waals surface area contributed by atoms with Gasteiger partial charge < -0.3 is 4.74 Å². The molecule has 0 radical (unpaired) electrons. The summed E-state index contributed by atoms with van der Waals surface area (Å²) < 4.78 is 18.7. The molecule has 1 rings (SSSR count). The molecule has 92 valence electrons. The molecule has 0 saturated carbocycles. The lowest BCUT2D eigenvalue weighted by Crippen LogP contribution is -2.27. The van der Waals surface area contributed by atoms with Crippen molar-refractivity contribution in [3.8, 4) is 11.8 Å². The van der Waals surface area contributed by atoms with Crippen molar-refractivity contribution in [2.45, 2.75) is 26.4 Å². The highest BCUT2D eigenvalue weighted by molar-refractivity contribution is 5.29. The van der Waals surface area contributed by atoms with E-state index in [1.807, 2.05) is 31.9 Å². The summed E-state index contributed by atoms with van der Waals surface area (Å²) in [5.74, 6) is -0.0883. The highest BCUT2D eigenvalue weighted by atomic mass is 19.1. The first-order valence-electron chi connectivity index (χ1n) is 5.59. The van der Waals surface area contributed by atoms with E-state index in [0.717, 1.165) is 5.56 Å². The summed E-state index contributed by atoms with van der Waals surface area (Å²) in [6, 6.07) is 6.84. The first kappa shape index (κ1) is 13.5. The number of hydrogen-bond donors (Lipinski definition) is 0. The van der Waals surface area contributed by atoms with Crippen molar-refractivity contribution in [3.63, 3.8) is 0 Å². The molecule has 0 spiro atoms. The molecule has 1 aromatic carbocycles. The van der Waals surface area contributed by atoms with Gasteiger partial charge in [-0.25, -0.2) is 4.39 Å². The number of nitriles is 1. The van der Waals surface area contributed by atoms with Crippen LogP contribution in [0.1, 0.15) is 19.4 Å². The fourth-order valence-electron chi connectivity index (χ4n) is 1.44. The summed E-state index contributed by atoms with van der Waals surface area (Å²) in [5, 5.41) is 8.77. The maximum atomic E-state index is 13.6. The van der Waals surface area contributed by atoms with Gasteiger partial charge in [0.1, 0.15) is 0 Å². The zero-order valence-corrected chi connectivity index (χ0v) is 10.4. The minimum atomic E-state index is -0.359. The van der Waals surface area contributed by atoms with Crippen molar-refractivity contribution in [1.29, 1.82) is 5.26 Å².